The van der Waals surface area contributed by atoms with Gasteiger partial charge in [-0.3, -0.25) is 4.79 Å². The van der Waals surface area contributed by atoms with Gasteiger partial charge >= 0.3 is 5.97 Å². The van der Waals surface area contributed by atoms with Crippen molar-refractivity contribution in [2.24, 2.45) is 5.41 Å². The second-order valence-corrected chi connectivity index (χ2v) is 8.63. The van der Waals surface area contributed by atoms with Crippen LogP contribution in [0.15, 0.2) is 30.6 Å². The number of carbonyl (C=O) groups is 1. The Bertz CT molecular complexity index is 1040. The van der Waals surface area contributed by atoms with Crippen molar-refractivity contribution in [3.05, 3.63) is 35.6 Å². The average Bonchev–Trinajstić information content (AvgIpc) is 3.16. The second kappa shape index (κ2) is 8.20. The molecule has 1 aliphatic rings. The third-order valence-corrected chi connectivity index (χ3v) is 5.56. The fraction of sp³-hybridized carbons (Fsp3) is 0.429. The van der Waals surface area contributed by atoms with Gasteiger partial charge in [0.1, 0.15) is 17.2 Å². The fourth-order valence-corrected chi connectivity index (χ4v) is 3.51. The van der Waals surface area contributed by atoms with E-state index < -0.39 is 11.4 Å². The van der Waals surface area contributed by atoms with Crippen molar-refractivity contribution >= 4 is 34.6 Å². The summed E-state index contributed by atoms with van der Waals surface area (Å²) in [5, 5.41) is 9.76. The van der Waals surface area contributed by atoms with Gasteiger partial charge in [0.25, 0.3) is 0 Å². The van der Waals surface area contributed by atoms with Crippen molar-refractivity contribution in [1.29, 1.82) is 0 Å². The van der Waals surface area contributed by atoms with Crippen LogP contribution in [0.1, 0.15) is 26.7 Å². The fourth-order valence-electron chi connectivity index (χ4n) is 3.36. The molecular weight excluding hydrogens is 406 g/mol. The van der Waals surface area contributed by atoms with Crippen molar-refractivity contribution in [2.75, 3.05) is 24.6 Å². The summed E-state index contributed by atoms with van der Waals surface area (Å²) in [6.07, 6.45) is 5.15. The highest BCUT2D eigenvalue weighted by atomic mass is 35.5. The summed E-state index contributed by atoms with van der Waals surface area (Å²) in [5.74, 6) is 0.764. The van der Waals surface area contributed by atoms with Gasteiger partial charge in [-0.15, -0.1) is 0 Å². The van der Waals surface area contributed by atoms with Crippen LogP contribution in [0.2, 0.25) is 5.02 Å². The smallest absolute Gasteiger partial charge is 0.311 e. The van der Waals surface area contributed by atoms with Crippen LogP contribution in [0.25, 0.3) is 22.6 Å². The Morgan fingerprint density at radius 1 is 1.30 bits per heavy atom. The van der Waals surface area contributed by atoms with Crippen LogP contribution < -0.4 is 4.90 Å². The molecule has 158 valence electrons. The summed E-state index contributed by atoms with van der Waals surface area (Å²) in [4.78, 5) is 30.0. The van der Waals surface area contributed by atoms with E-state index in [4.69, 9.17) is 16.3 Å². The minimum absolute atomic E-state index is 0.0778. The van der Waals surface area contributed by atoms with E-state index in [1.807, 2.05) is 12.1 Å². The lowest BCUT2D eigenvalue weighted by Gasteiger charge is -2.34. The normalized spacial score (nSPS) is 15.6. The lowest BCUT2D eigenvalue weighted by molar-refractivity contribution is -0.152. The second-order valence-electron chi connectivity index (χ2n) is 8.20. The molecule has 0 saturated carbocycles. The van der Waals surface area contributed by atoms with E-state index in [-0.39, 0.29) is 12.7 Å². The quantitative estimate of drug-likeness (QED) is 0.614. The standard InChI is InChI=1S/C21H24ClN5O3/c1-21(2,20(28)29)12-30-15-5-7-27(8-6-15)17-4-3-13(10-23-17)18-25-16-9-14(22)11-24-19(16)26-18/h3-4,9-11,15H,5-8,12H2,1-2H3,(H,28,29)(H,24,25,26). The molecule has 9 heteroatoms. The Labute approximate surface area is 179 Å². The molecule has 8 nitrogen and oxygen atoms in total. The van der Waals surface area contributed by atoms with Crippen LogP contribution in [0.5, 0.6) is 0 Å². The highest BCUT2D eigenvalue weighted by Crippen LogP contribution is 2.25. The predicted molar refractivity (Wildman–Crippen MR) is 115 cm³/mol. The van der Waals surface area contributed by atoms with E-state index in [9.17, 15) is 9.90 Å². The SMILES string of the molecule is CC(C)(COC1CCN(c2ccc(-c3nc4cc(Cl)cnc4[nH]3)cn2)CC1)C(=O)O. The summed E-state index contributed by atoms with van der Waals surface area (Å²) in [6, 6.07) is 5.74. The van der Waals surface area contributed by atoms with Gasteiger partial charge in [-0.25, -0.2) is 15.0 Å². The molecule has 0 atom stereocenters. The van der Waals surface area contributed by atoms with E-state index in [2.05, 4.69) is 24.8 Å². The van der Waals surface area contributed by atoms with Crippen LogP contribution in [-0.4, -0.2) is 56.8 Å². The first-order chi connectivity index (χ1) is 14.3. The molecule has 0 spiro atoms. The first kappa shape index (κ1) is 20.6. The number of rotatable bonds is 6. The van der Waals surface area contributed by atoms with Gasteiger partial charge in [-0.05, 0) is 44.9 Å². The summed E-state index contributed by atoms with van der Waals surface area (Å²) in [5.41, 5.74) is 1.41. The topological polar surface area (TPSA) is 104 Å². The van der Waals surface area contributed by atoms with Gasteiger partial charge in [0.15, 0.2) is 5.65 Å². The number of aliphatic carboxylic acids is 1. The molecule has 3 aromatic rings. The third-order valence-electron chi connectivity index (χ3n) is 5.35. The molecule has 0 amide bonds. The molecule has 0 unspecified atom stereocenters. The number of ether oxygens (including phenoxy) is 1. The first-order valence-corrected chi connectivity index (χ1v) is 10.3. The van der Waals surface area contributed by atoms with Crippen molar-refractivity contribution in [3.63, 3.8) is 0 Å². The number of hydrogen-bond acceptors (Lipinski definition) is 6. The van der Waals surface area contributed by atoms with E-state index in [1.54, 1.807) is 32.3 Å². The average molecular weight is 430 g/mol. The number of anilines is 1. The number of H-pyrrole nitrogens is 1. The number of aromatic nitrogens is 4. The van der Waals surface area contributed by atoms with Gasteiger partial charge < -0.3 is 19.7 Å². The van der Waals surface area contributed by atoms with Crippen molar-refractivity contribution in [2.45, 2.75) is 32.8 Å². The van der Waals surface area contributed by atoms with Gasteiger partial charge in [0, 0.05) is 31.0 Å². The lowest BCUT2D eigenvalue weighted by atomic mass is 9.95. The number of carboxylic acid groups (broad SMARTS) is 1. The zero-order valence-corrected chi connectivity index (χ0v) is 17.7. The summed E-state index contributed by atoms with van der Waals surface area (Å²) in [6.45, 7) is 5.22. The van der Waals surface area contributed by atoms with Crippen molar-refractivity contribution in [1.82, 2.24) is 19.9 Å². The maximum atomic E-state index is 11.2. The molecule has 4 rings (SSSR count). The summed E-state index contributed by atoms with van der Waals surface area (Å²) < 4.78 is 5.85. The number of carboxylic acids is 1. The van der Waals surface area contributed by atoms with Crippen LogP contribution >= 0.6 is 11.6 Å². The zero-order valence-electron chi connectivity index (χ0n) is 16.9. The third kappa shape index (κ3) is 4.39. The molecule has 0 aromatic carbocycles. The Balaban J connectivity index is 1.36. The highest BCUT2D eigenvalue weighted by molar-refractivity contribution is 6.31. The molecule has 2 N–H and O–H groups in total. The highest BCUT2D eigenvalue weighted by Gasteiger charge is 2.30. The lowest BCUT2D eigenvalue weighted by Crippen LogP contribution is -2.39. The van der Waals surface area contributed by atoms with Crippen LogP contribution in [0.3, 0.4) is 0 Å². The number of nitrogens with one attached hydrogen (secondary N) is 1. The molecule has 4 heterocycles. The molecule has 1 fully saturated rings. The van der Waals surface area contributed by atoms with Crippen molar-refractivity contribution < 1.29 is 14.6 Å². The van der Waals surface area contributed by atoms with Gasteiger partial charge in [-0.2, -0.15) is 0 Å². The number of imidazole rings is 1. The molecular formula is C21H24ClN5O3. The number of nitrogens with zero attached hydrogens (tertiary/aromatic N) is 4. The maximum absolute atomic E-state index is 11.2. The maximum Gasteiger partial charge on any atom is 0.311 e. The van der Waals surface area contributed by atoms with E-state index in [0.717, 1.165) is 42.8 Å². The van der Waals surface area contributed by atoms with Gasteiger partial charge in [0.2, 0.25) is 0 Å². The van der Waals surface area contributed by atoms with E-state index >= 15 is 0 Å². The molecule has 0 bridgehead atoms. The number of pyridine rings is 2. The number of fused-ring (bicyclic) bond motifs is 1. The molecule has 1 aliphatic heterocycles. The summed E-state index contributed by atoms with van der Waals surface area (Å²) in [7, 11) is 0. The first-order valence-electron chi connectivity index (χ1n) is 9.89. The van der Waals surface area contributed by atoms with E-state index in [0.29, 0.717) is 16.5 Å². The van der Waals surface area contributed by atoms with Gasteiger partial charge in [-0.1, -0.05) is 11.6 Å². The largest absolute Gasteiger partial charge is 0.481 e. The number of aromatic amines is 1. The summed E-state index contributed by atoms with van der Waals surface area (Å²) >= 11 is 5.98. The monoisotopic (exact) mass is 429 g/mol. The number of halogens is 1. The minimum Gasteiger partial charge on any atom is -0.481 e. The zero-order chi connectivity index (χ0) is 21.3. The molecule has 30 heavy (non-hydrogen) atoms. The Hall–Kier alpha value is -2.71. The number of hydrogen-bond donors (Lipinski definition) is 2. The number of piperidine rings is 1. The molecule has 0 radical (unpaired) electrons. The Morgan fingerprint density at radius 3 is 2.73 bits per heavy atom. The Kier molecular flexibility index (Phi) is 5.62. The van der Waals surface area contributed by atoms with Crippen molar-refractivity contribution in [3.8, 4) is 11.4 Å². The minimum atomic E-state index is -0.869. The predicted octanol–water partition coefficient (Wildman–Crippen LogP) is 3.77. The van der Waals surface area contributed by atoms with Crippen LogP contribution in [-0.2, 0) is 9.53 Å². The van der Waals surface area contributed by atoms with Crippen LogP contribution in [0.4, 0.5) is 5.82 Å². The van der Waals surface area contributed by atoms with Crippen LogP contribution in [0, 0.1) is 5.41 Å². The molecule has 1 saturated heterocycles. The van der Waals surface area contributed by atoms with E-state index in [1.165, 1.54) is 0 Å². The Morgan fingerprint density at radius 2 is 2.07 bits per heavy atom. The molecule has 0 aliphatic carbocycles. The van der Waals surface area contributed by atoms with Gasteiger partial charge in [0.05, 0.1) is 23.1 Å². The molecule has 3 aromatic heterocycles.